The lowest BCUT2D eigenvalue weighted by atomic mass is 9.88. The summed E-state index contributed by atoms with van der Waals surface area (Å²) in [4.78, 5) is 10.4. The molecule has 3 rings (SSSR count). The lowest BCUT2D eigenvalue weighted by Gasteiger charge is -2.27. The van der Waals surface area contributed by atoms with Gasteiger partial charge in [-0.2, -0.15) is 0 Å². The van der Waals surface area contributed by atoms with Crippen molar-refractivity contribution in [1.82, 2.24) is 4.72 Å². The van der Waals surface area contributed by atoms with Gasteiger partial charge in [-0.05, 0) is 54.5 Å². The smallest absolute Gasteiger partial charge is 0.270 e. The summed E-state index contributed by atoms with van der Waals surface area (Å²) >= 11 is 0. The van der Waals surface area contributed by atoms with E-state index in [1.807, 2.05) is 19.1 Å². The molecule has 0 radical (unpaired) electrons. The largest absolute Gasteiger partial charge is 0.399 e. The molecule has 0 aliphatic heterocycles. The van der Waals surface area contributed by atoms with E-state index in [2.05, 4.69) is 4.72 Å². The number of nitrogens with zero attached hydrogens (tertiary/aromatic N) is 1. The minimum atomic E-state index is -3.90. The van der Waals surface area contributed by atoms with Crippen molar-refractivity contribution in [3.05, 3.63) is 63.2 Å². The first kappa shape index (κ1) is 18.3. The Balaban J connectivity index is 1.98. The fourth-order valence-electron chi connectivity index (χ4n) is 3.41. The summed E-state index contributed by atoms with van der Waals surface area (Å²) in [6.45, 7) is 1.82. The molecule has 0 heterocycles. The Morgan fingerprint density at radius 1 is 1.27 bits per heavy atom. The van der Waals surface area contributed by atoms with Gasteiger partial charge in [-0.25, -0.2) is 13.1 Å². The number of nitrogen functional groups attached to an aromatic ring is 1. The van der Waals surface area contributed by atoms with Crippen molar-refractivity contribution in [3.63, 3.8) is 0 Å². The van der Waals surface area contributed by atoms with Gasteiger partial charge in [0.25, 0.3) is 5.69 Å². The molecule has 0 saturated carbocycles. The van der Waals surface area contributed by atoms with Crippen LogP contribution in [0.4, 0.5) is 11.4 Å². The van der Waals surface area contributed by atoms with Crippen LogP contribution < -0.4 is 10.5 Å². The van der Waals surface area contributed by atoms with Crippen LogP contribution >= 0.6 is 0 Å². The maximum absolute atomic E-state index is 13.0. The Labute approximate surface area is 152 Å². The van der Waals surface area contributed by atoms with Crippen LogP contribution in [-0.2, 0) is 22.9 Å². The highest BCUT2D eigenvalue weighted by Crippen LogP contribution is 2.33. The summed E-state index contributed by atoms with van der Waals surface area (Å²) in [6, 6.07) is 9.09. The Bertz CT molecular complexity index is 957. The van der Waals surface area contributed by atoms with Gasteiger partial charge in [-0.3, -0.25) is 10.1 Å². The average molecular weight is 375 g/mol. The quantitative estimate of drug-likeness (QED) is 0.473. The first-order valence-corrected chi connectivity index (χ1v) is 9.98. The van der Waals surface area contributed by atoms with Gasteiger partial charge in [0.05, 0.1) is 9.82 Å². The second-order valence-electron chi connectivity index (χ2n) is 6.43. The number of aryl methyl sites for hydroxylation is 2. The second-order valence-corrected chi connectivity index (χ2v) is 8.11. The normalized spacial score (nSPS) is 16.9. The van der Waals surface area contributed by atoms with E-state index < -0.39 is 14.9 Å². The van der Waals surface area contributed by atoms with Crippen LogP contribution in [0.15, 0.2) is 41.3 Å². The number of nitrogens with two attached hydrogens (primary N) is 1. The van der Waals surface area contributed by atoms with Crippen molar-refractivity contribution in [2.75, 3.05) is 5.73 Å². The Kier molecular flexibility index (Phi) is 4.97. The molecule has 138 valence electrons. The van der Waals surface area contributed by atoms with E-state index in [9.17, 15) is 18.5 Å². The molecule has 8 heteroatoms. The maximum Gasteiger partial charge on any atom is 0.270 e. The van der Waals surface area contributed by atoms with Crippen LogP contribution in [0, 0.1) is 10.1 Å². The minimum absolute atomic E-state index is 0.0308. The number of nitro benzene ring substituents is 1. The van der Waals surface area contributed by atoms with Gasteiger partial charge in [0, 0.05) is 23.9 Å². The lowest BCUT2D eigenvalue weighted by molar-refractivity contribution is -0.385. The van der Waals surface area contributed by atoms with Gasteiger partial charge in [-0.1, -0.05) is 19.1 Å². The fraction of sp³-hybridized carbons (Fsp3) is 0.333. The molecule has 7 nitrogen and oxygen atoms in total. The number of hydrogen-bond donors (Lipinski definition) is 2. The van der Waals surface area contributed by atoms with Gasteiger partial charge in [0.1, 0.15) is 0 Å². The van der Waals surface area contributed by atoms with Gasteiger partial charge in [0.15, 0.2) is 0 Å². The number of sulfonamides is 1. The molecule has 0 spiro atoms. The molecule has 26 heavy (non-hydrogen) atoms. The number of fused-ring (bicyclic) bond motifs is 1. The summed E-state index contributed by atoms with van der Waals surface area (Å²) in [7, 11) is -3.90. The molecular formula is C18H21N3O4S. The van der Waals surface area contributed by atoms with Crippen molar-refractivity contribution < 1.29 is 13.3 Å². The monoisotopic (exact) mass is 375 g/mol. The van der Waals surface area contributed by atoms with Gasteiger partial charge in [-0.15, -0.1) is 0 Å². The number of benzene rings is 2. The van der Waals surface area contributed by atoms with Gasteiger partial charge < -0.3 is 5.73 Å². The predicted molar refractivity (Wildman–Crippen MR) is 99.3 cm³/mol. The average Bonchev–Trinajstić information content (AvgIpc) is 2.60. The molecule has 2 aromatic carbocycles. The Hall–Kier alpha value is -2.45. The molecule has 0 fully saturated rings. The Morgan fingerprint density at radius 3 is 2.73 bits per heavy atom. The lowest BCUT2D eigenvalue weighted by Crippen LogP contribution is -2.31. The SMILES string of the molecule is CCc1ccc([N+](=O)[O-])cc1S(=O)(=O)NC1CCCc2cc(N)ccc21. The molecule has 1 aliphatic rings. The van der Waals surface area contributed by atoms with Crippen molar-refractivity contribution in [2.45, 2.75) is 43.5 Å². The standard InChI is InChI=1S/C18H21N3O4S/c1-2-12-6-8-15(21(22)23)11-18(12)26(24,25)20-17-5-3-4-13-10-14(19)7-9-16(13)17/h6-11,17,20H,2-5,19H2,1H3. The van der Waals surface area contributed by atoms with Gasteiger partial charge >= 0.3 is 0 Å². The number of anilines is 1. The summed E-state index contributed by atoms with van der Waals surface area (Å²) in [5.74, 6) is 0. The van der Waals surface area contributed by atoms with E-state index in [-0.39, 0.29) is 16.6 Å². The van der Waals surface area contributed by atoms with Crippen molar-refractivity contribution in [1.29, 1.82) is 0 Å². The third-order valence-corrected chi connectivity index (χ3v) is 6.26. The van der Waals surface area contributed by atoms with Crippen LogP contribution in [-0.4, -0.2) is 13.3 Å². The van der Waals surface area contributed by atoms with E-state index >= 15 is 0 Å². The van der Waals surface area contributed by atoms with Crippen LogP contribution in [0.2, 0.25) is 0 Å². The first-order valence-electron chi connectivity index (χ1n) is 8.49. The molecule has 3 N–H and O–H groups in total. The van der Waals surface area contributed by atoms with E-state index in [0.29, 0.717) is 24.1 Å². The first-order chi connectivity index (χ1) is 12.3. The van der Waals surface area contributed by atoms with Crippen molar-refractivity contribution in [3.8, 4) is 0 Å². The summed E-state index contributed by atoms with van der Waals surface area (Å²) < 4.78 is 28.7. The summed E-state index contributed by atoms with van der Waals surface area (Å²) in [5.41, 5.74) is 8.75. The van der Waals surface area contributed by atoms with Crippen molar-refractivity contribution in [2.24, 2.45) is 0 Å². The van der Waals surface area contributed by atoms with E-state index in [1.54, 1.807) is 6.07 Å². The van der Waals surface area contributed by atoms with Crippen molar-refractivity contribution >= 4 is 21.4 Å². The molecular weight excluding hydrogens is 354 g/mol. The van der Waals surface area contributed by atoms with Crippen LogP contribution in [0.5, 0.6) is 0 Å². The molecule has 2 aromatic rings. The maximum atomic E-state index is 13.0. The molecule has 1 aliphatic carbocycles. The molecule has 0 aromatic heterocycles. The molecule has 0 saturated heterocycles. The number of rotatable bonds is 5. The number of nitrogens with one attached hydrogen (secondary N) is 1. The fourth-order valence-corrected chi connectivity index (χ4v) is 4.99. The topological polar surface area (TPSA) is 115 Å². The highest BCUT2D eigenvalue weighted by molar-refractivity contribution is 7.89. The minimum Gasteiger partial charge on any atom is -0.399 e. The Morgan fingerprint density at radius 2 is 2.04 bits per heavy atom. The molecule has 1 unspecified atom stereocenters. The third-order valence-electron chi connectivity index (χ3n) is 4.71. The zero-order valence-corrected chi connectivity index (χ0v) is 15.3. The zero-order valence-electron chi connectivity index (χ0n) is 14.4. The zero-order chi connectivity index (χ0) is 18.9. The van der Waals surface area contributed by atoms with E-state index in [4.69, 9.17) is 5.73 Å². The third kappa shape index (κ3) is 3.56. The van der Waals surface area contributed by atoms with Crippen LogP contribution in [0.25, 0.3) is 0 Å². The molecule has 0 bridgehead atoms. The predicted octanol–water partition coefficient (Wildman–Crippen LogP) is 3.10. The molecule has 1 atom stereocenters. The number of non-ortho nitro benzene ring substituents is 1. The van der Waals surface area contributed by atoms with Crippen LogP contribution in [0.1, 0.15) is 42.5 Å². The highest BCUT2D eigenvalue weighted by atomic mass is 32.2. The van der Waals surface area contributed by atoms with E-state index in [0.717, 1.165) is 30.0 Å². The van der Waals surface area contributed by atoms with E-state index in [1.165, 1.54) is 12.1 Å². The summed E-state index contributed by atoms with van der Waals surface area (Å²) in [5, 5.41) is 11.0. The van der Waals surface area contributed by atoms with Crippen LogP contribution in [0.3, 0.4) is 0 Å². The summed E-state index contributed by atoms with van der Waals surface area (Å²) in [6.07, 6.45) is 2.84. The number of nitro groups is 1. The molecule has 0 amide bonds. The number of hydrogen-bond acceptors (Lipinski definition) is 5. The highest BCUT2D eigenvalue weighted by Gasteiger charge is 2.28. The second kappa shape index (κ2) is 7.05. The van der Waals surface area contributed by atoms with Gasteiger partial charge in [0.2, 0.25) is 10.0 Å².